The van der Waals surface area contributed by atoms with Gasteiger partial charge < -0.3 is 9.73 Å². The van der Waals surface area contributed by atoms with Gasteiger partial charge in [0.25, 0.3) is 0 Å². The van der Waals surface area contributed by atoms with Crippen molar-refractivity contribution in [2.24, 2.45) is 5.92 Å². The monoisotopic (exact) mass is 368 g/mol. The van der Waals surface area contributed by atoms with Crippen LogP contribution in [-0.2, 0) is 17.9 Å². The van der Waals surface area contributed by atoms with Crippen molar-refractivity contribution in [1.29, 1.82) is 0 Å². The van der Waals surface area contributed by atoms with Crippen LogP contribution in [0.3, 0.4) is 0 Å². The average molecular weight is 368 g/mol. The molecule has 142 valence electrons. The van der Waals surface area contributed by atoms with Crippen molar-refractivity contribution in [2.75, 3.05) is 0 Å². The molecule has 0 radical (unpaired) electrons. The van der Waals surface area contributed by atoms with E-state index in [0.717, 1.165) is 19.3 Å². The van der Waals surface area contributed by atoms with E-state index in [9.17, 15) is 9.59 Å². The lowest BCUT2D eigenvalue weighted by Gasteiger charge is -2.29. The fourth-order valence-electron chi connectivity index (χ4n) is 3.93. The summed E-state index contributed by atoms with van der Waals surface area (Å²) < 4.78 is 8.41. The van der Waals surface area contributed by atoms with Crippen LogP contribution in [0.4, 0.5) is 0 Å². The summed E-state index contributed by atoms with van der Waals surface area (Å²) in [4.78, 5) is 29.9. The fraction of sp³-hybridized carbons (Fsp3) is 0.450. The number of nitrogens with zero attached hydrogens (tertiary/aromatic N) is 3. The van der Waals surface area contributed by atoms with Crippen molar-refractivity contribution in [3.8, 4) is 0 Å². The van der Waals surface area contributed by atoms with Crippen molar-refractivity contribution < 1.29 is 9.21 Å². The molecule has 1 aliphatic rings. The predicted octanol–water partition coefficient (Wildman–Crippen LogP) is 2.53. The second-order valence-corrected chi connectivity index (χ2v) is 7.32. The Labute approximate surface area is 157 Å². The van der Waals surface area contributed by atoms with Crippen LogP contribution >= 0.6 is 0 Å². The lowest BCUT2D eigenvalue weighted by molar-refractivity contribution is -0.122. The van der Waals surface area contributed by atoms with Gasteiger partial charge in [0.2, 0.25) is 5.91 Å². The van der Waals surface area contributed by atoms with Crippen LogP contribution in [0.25, 0.3) is 11.2 Å². The van der Waals surface area contributed by atoms with Crippen LogP contribution in [0.1, 0.15) is 38.4 Å². The number of imidazole rings is 1. The Morgan fingerprint density at radius 2 is 2.11 bits per heavy atom. The molecule has 27 heavy (non-hydrogen) atoms. The zero-order valence-corrected chi connectivity index (χ0v) is 15.4. The normalized spacial score (nSPS) is 20.0. The van der Waals surface area contributed by atoms with E-state index in [1.807, 2.05) is 12.1 Å². The summed E-state index contributed by atoms with van der Waals surface area (Å²) in [6.45, 7) is 2.46. The highest BCUT2D eigenvalue weighted by Crippen LogP contribution is 2.23. The van der Waals surface area contributed by atoms with E-state index in [-0.39, 0.29) is 30.7 Å². The SMILES string of the molecule is C[C@H]1CCCC[C@@H]1NC(=O)Cn1c(=O)n(Cc2ccco2)c2ncccc21. The minimum Gasteiger partial charge on any atom is -0.467 e. The third-order valence-corrected chi connectivity index (χ3v) is 5.43. The van der Waals surface area contributed by atoms with Gasteiger partial charge in [-0.15, -0.1) is 0 Å². The van der Waals surface area contributed by atoms with E-state index >= 15 is 0 Å². The maximum atomic E-state index is 13.0. The molecule has 3 aromatic heterocycles. The van der Waals surface area contributed by atoms with Crippen LogP contribution in [0.5, 0.6) is 0 Å². The molecule has 1 saturated carbocycles. The molecule has 3 heterocycles. The number of fused-ring (bicyclic) bond motifs is 1. The first-order valence-corrected chi connectivity index (χ1v) is 9.49. The number of nitrogens with one attached hydrogen (secondary N) is 1. The molecule has 4 rings (SSSR count). The van der Waals surface area contributed by atoms with Gasteiger partial charge in [-0.25, -0.2) is 9.78 Å². The standard InChI is InChI=1S/C20H24N4O3/c1-14-6-2-3-8-16(14)22-18(25)13-23-17-9-4-10-21-19(17)24(20(23)26)12-15-7-5-11-27-15/h4-5,7,9-11,14,16H,2-3,6,8,12-13H2,1H3,(H,22,25)/t14-,16-/m0/s1. The molecular weight excluding hydrogens is 344 g/mol. The average Bonchev–Trinajstić information content (AvgIpc) is 3.27. The third kappa shape index (κ3) is 3.54. The van der Waals surface area contributed by atoms with E-state index in [1.54, 1.807) is 29.2 Å². The number of carbonyl (C=O) groups is 1. The fourth-order valence-corrected chi connectivity index (χ4v) is 3.93. The zero-order valence-electron chi connectivity index (χ0n) is 15.4. The molecule has 7 heteroatoms. The summed E-state index contributed by atoms with van der Waals surface area (Å²) in [7, 11) is 0. The van der Waals surface area contributed by atoms with Crippen LogP contribution in [0.2, 0.25) is 0 Å². The molecule has 1 N–H and O–H groups in total. The lowest BCUT2D eigenvalue weighted by Crippen LogP contribution is -2.43. The number of hydrogen-bond donors (Lipinski definition) is 1. The van der Waals surface area contributed by atoms with E-state index in [0.29, 0.717) is 22.8 Å². The van der Waals surface area contributed by atoms with Gasteiger partial charge in [0, 0.05) is 12.2 Å². The van der Waals surface area contributed by atoms with Gasteiger partial charge in [-0.3, -0.25) is 13.9 Å². The van der Waals surface area contributed by atoms with E-state index < -0.39 is 0 Å². The Morgan fingerprint density at radius 3 is 2.89 bits per heavy atom. The molecule has 0 aliphatic heterocycles. The molecule has 0 saturated heterocycles. The van der Waals surface area contributed by atoms with Crippen molar-refractivity contribution in [2.45, 2.75) is 51.7 Å². The summed E-state index contributed by atoms with van der Waals surface area (Å²) >= 11 is 0. The highest BCUT2D eigenvalue weighted by Gasteiger charge is 2.24. The molecule has 1 fully saturated rings. The second-order valence-electron chi connectivity index (χ2n) is 7.32. The van der Waals surface area contributed by atoms with E-state index in [4.69, 9.17) is 4.42 Å². The first-order valence-electron chi connectivity index (χ1n) is 9.49. The van der Waals surface area contributed by atoms with Gasteiger partial charge in [-0.05, 0) is 43.0 Å². The molecule has 2 atom stereocenters. The van der Waals surface area contributed by atoms with Crippen LogP contribution in [0.15, 0.2) is 45.9 Å². The van der Waals surface area contributed by atoms with Crippen LogP contribution in [0, 0.1) is 5.92 Å². The lowest BCUT2D eigenvalue weighted by atomic mass is 9.86. The number of furan rings is 1. The molecule has 0 unspecified atom stereocenters. The second kappa shape index (κ2) is 7.42. The summed E-state index contributed by atoms with van der Waals surface area (Å²) in [6.07, 6.45) is 7.72. The van der Waals surface area contributed by atoms with Crippen LogP contribution in [-0.4, -0.2) is 26.1 Å². The Balaban J connectivity index is 1.60. The molecule has 1 amide bonds. The summed E-state index contributed by atoms with van der Waals surface area (Å²) in [5, 5.41) is 3.12. The molecule has 0 aromatic carbocycles. The van der Waals surface area contributed by atoms with Crippen molar-refractivity contribution in [1.82, 2.24) is 19.4 Å². The van der Waals surface area contributed by atoms with Crippen molar-refractivity contribution >= 4 is 17.1 Å². The summed E-state index contributed by atoms with van der Waals surface area (Å²) in [5.41, 5.74) is 0.950. The van der Waals surface area contributed by atoms with Crippen molar-refractivity contribution in [3.05, 3.63) is 53.0 Å². The topological polar surface area (TPSA) is 82.1 Å². The number of amides is 1. The highest BCUT2D eigenvalue weighted by atomic mass is 16.3. The predicted molar refractivity (Wildman–Crippen MR) is 101 cm³/mol. The van der Waals surface area contributed by atoms with E-state index in [2.05, 4.69) is 17.2 Å². The molecule has 7 nitrogen and oxygen atoms in total. The van der Waals surface area contributed by atoms with Crippen molar-refractivity contribution in [3.63, 3.8) is 0 Å². The molecular formula is C20H24N4O3. The number of carbonyl (C=O) groups excluding carboxylic acids is 1. The Hall–Kier alpha value is -2.83. The molecule has 1 aliphatic carbocycles. The Morgan fingerprint density at radius 1 is 1.26 bits per heavy atom. The quantitative estimate of drug-likeness (QED) is 0.750. The third-order valence-electron chi connectivity index (χ3n) is 5.43. The minimum atomic E-state index is -0.257. The zero-order chi connectivity index (χ0) is 18.8. The molecule has 0 spiro atoms. The summed E-state index contributed by atoms with van der Waals surface area (Å²) in [5.74, 6) is 1.01. The highest BCUT2D eigenvalue weighted by molar-refractivity contribution is 5.79. The smallest absolute Gasteiger partial charge is 0.331 e. The number of hydrogen-bond acceptors (Lipinski definition) is 4. The molecule has 3 aromatic rings. The molecule has 0 bridgehead atoms. The van der Waals surface area contributed by atoms with Crippen LogP contribution < -0.4 is 11.0 Å². The number of rotatable bonds is 5. The van der Waals surface area contributed by atoms with Gasteiger partial charge in [-0.2, -0.15) is 0 Å². The van der Waals surface area contributed by atoms with E-state index in [1.165, 1.54) is 11.0 Å². The maximum absolute atomic E-state index is 13.0. The Kier molecular flexibility index (Phi) is 4.83. The largest absolute Gasteiger partial charge is 0.467 e. The minimum absolute atomic E-state index is 0.00456. The first-order chi connectivity index (χ1) is 13.1. The Bertz CT molecular complexity index is 986. The maximum Gasteiger partial charge on any atom is 0.331 e. The van der Waals surface area contributed by atoms with Gasteiger partial charge in [0.05, 0.1) is 18.3 Å². The first kappa shape index (κ1) is 17.6. The van der Waals surface area contributed by atoms with Gasteiger partial charge >= 0.3 is 5.69 Å². The summed E-state index contributed by atoms with van der Waals surface area (Å²) in [6, 6.07) is 7.38. The van der Waals surface area contributed by atoms with Gasteiger partial charge in [0.1, 0.15) is 12.3 Å². The van der Waals surface area contributed by atoms with Gasteiger partial charge in [-0.1, -0.05) is 19.8 Å². The number of aromatic nitrogens is 3. The number of pyridine rings is 1. The van der Waals surface area contributed by atoms with Gasteiger partial charge in [0.15, 0.2) is 5.65 Å².